The summed E-state index contributed by atoms with van der Waals surface area (Å²) in [5, 5.41) is 2.38. The fourth-order valence-electron chi connectivity index (χ4n) is 2.81. The average molecular weight is 288 g/mol. The van der Waals surface area contributed by atoms with E-state index in [9.17, 15) is 0 Å². The van der Waals surface area contributed by atoms with Crippen LogP contribution in [-0.4, -0.2) is 0 Å². The van der Waals surface area contributed by atoms with Crippen LogP contribution in [0.2, 0.25) is 0 Å². The molecule has 0 aliphatic carbocycles. The van der Waals surface area contributed by atoms with E-state index in [2.05, 4.69) is 67.6 Å². The number of fused-ring (bicyclic) bond motifs is 3. The molecule has 0 aliphatic heterocycles. The summed E-state index contributed by atoms with van der Waals surface area (Å²) in [4.78, 5) is 0. The molecule has 0 N–H and O–H groups in total. The number of hydrogen-bond donors (Lipinski definition) is 0. The van der Waals surface area contributed by atoms with Gasteiger partial charge in [0.15, 0.2) is 0 Å². The predicted molar refractivity (Wildman–Crippen MR) is 95.2 cm³/mol. The lowest BCUT2D eigenvalue weighted by Crippen LogP contribution is -1.77. The Hall–Kier alpha value is -2.54. The highest BCUT2D eigenvalue weighted by Gasteiger charge is 2.12. The second-order valence-electron chi connectivity index (χ2n) is 5.10. The Balaban J connectivity index is 0.000000693. The number of rotatable bonds is 1. The van der Waals surface area contributed by atoms with E-state index in [1.807, 2.05) is 19.9 Å². The molecule has 0 spiro atoms. The molecule has 0 atom stereocenters. The van der Waals surface area contributed by atoms with Gasteiger partial charge < -0.3 is 4.42 Å². The molecule has 0 aliphatic rings. The molecular weight excluding hydrogens is 268 g/mol. The van der Waals surface area contributed by atoms with Crippen molar-refractivity contribution in [2.45, 2.75) is 20.8 Å². The highest BCUT2D eigenvalue weighted by molar-refractivity contribution is 6.10. The summed E-state index contributed by atoms with van der Waals surface area (Å²) in [7, 11) is 0. The molecule has 0 fully saturated rings. The van der Waals surface area contributed by atoms with E-state index in [0.29, 0.717) is 0 Å². The van der Waals surface area contributed by atoms with Crippen LogP contribution >= 0.6 is 0 Å². The highest BCUT2D eigenvalue weighted by Crippen LogP contribution is 2.36. The zero-order chi connectivity index (χ0) is 15.5. The molecule has 4 aromatic rings. The van der Waals surface area contributed by atoms with Crippen molar-refractivity contribution < 1.29 is 4.42 Å². The zero-order valence-corrected chi connectivity index (χ0v) is 13.3. The molecule has 0 amide bonds. The fourth-order valence-corrected chi connectivity index (χ4v) is 2.81. The molecule has 0 saturated heterocycles. The standard InChI is InChI=1S/C19H14O.C2H6/c1-13-7-5-11-16-17-12-6-10-15(19(17)20-18(13)16)14-8-3-2-4-9-14;1-2/h2-12H,1H3;1-2H3. The van der Waals surface area contributed by atoms with Crippen LogP contribution in [-0.2, 0) is 0 Å². The zero-order valence-electron chi connectivity index (χ0n) is 13.3. The van der Waals surface area contributed by atoms with Crippen molar-refractivity contribution >= 4 is 21.9 Å². The van der Waals surface area contributed by atoms with Gasteiger partial charge in [0.05, 0.1) is 0 Å². The second kappa shape index (κ2) is 6.07. The van der Waals surface area contributed by atoms with Crippen molar-refractivity contribution in [3.63, 3.8) is 0 Å². The monoisotopic (exact) mass is 288 g/mol. The van der Waals surface area contributed by atoms with Crippen LogP contribution in [0.5, 0.6) is 0 Å². The summed E-state index contributed by atoms with van der Waals surface area (Å²) < 4.78 is 6.17. The maximum absolute atomic E-state index is 6.17. The normalized spacial score (nSPS) is 10.5. The van der Waals surface area contributed by atoms with Crippen LogP contribution in [0.1, 0.15) is 19.4 Å². The second-order valence-corrected chi connectivity index (χ2v) is 5.10. The van der Waals surface area contributed by atoms with E-state index in [1.54, 1.807) is 0 Å². The Morgan fingerprint density at radius 1 is 0.636 bits per heavy atom. The Kier molecular flexibility index (Phi) is 3.97. The minimum Gasteiger partial charge on any atom is -0.455 e. The molecule has 110 valence electrons. The van der Waals surface area contributed by atoms with Gasteiger partial charge >= 0.3 is 0 Å². The lowest BCUT2D eigenvalue weighted by molar-refractivity contribution is 0.667. The molecule has 3 aromatic carbocycles. The van der Waals surface area contributed by atoms with Crippen LogP contribution in [0.3, 0.4) is 0 Å². The molecule has 4 rings (SSSR count). The third-order valence-electron chi connectivity index (χ3n) is 3.81. The molecule has 22 heavy (non-hydrogen) atoms. The first-order chi connectivity index (χ1) is 10.8. The third-order valence-corrected chi connectivity index (χ3v) is 3.81. The van der Waals surface area contributed by atoms with Gasteiger partial charge in [-0.25, -0.2) is 0 Å². The molecule has 0 bridgehead atoms. The summed E-state index contributed by atoms with van der Waals surface area (Å²) in [5.41, 5.74) is 5.49. The number of para-hydroxylation sites is 2. The van der Waals surface area contributed by atoms with E-state index in [-0.39, 0.29) is 0 Å². The van der Waals surface area contributed by atoms with Gasteiger partial charge in [0.2, 0.25) is 0 Å². The molecule has 0 unspecified atom stereocenters. The predicted octanol–water partition coefficient (Wildman–Crippen LogP) is 6.59. The quantitative estimate of drug-likeness (QED) is 0.385. The molecule has 1 heterocycles. The number of furan rings is 1. The SMILES string of the molecule is CC.Cc1cccc2c1oc1c(-c3ccccc3)cccc12. The lowest BCUT2D eigenvalue weighted by Gasteiger charge is -2.01. The van der Waals surface area contributed by atoms with Crippen molar-refractivity contribution in [1.82, 2.24) is 0 Å². The van der Waals surface area contributed by atoms with Crippen LogP contribution < -0.4 is 0 Å². The van der Waals surface area contributed by atoms with Crippen molar-refractivity contribution in [2.24, 2.45) is 0 Å². The van der Waals surface area contributed by atoms with Gasteiger partial charge in [-0.3, -0.25) is 0 Å². The Morgan fingerprint density at radius 3 is 2.00 bits per heavy atom. The molecule has 1 nitrogen and oxygen atoms in total. The third kappa shape index (κ3) is 2.29. The van der Waals surface area contributed by atoms with Crippen molar-refractivity contribution in [3.05, 3.63) is 72.3 Å². The van der Waals surface area contributed by atoms with Crippen LogP contribution in [0.4, 0.5) is 0 Å². The van der Waals surface area contributed by atoms with E-state index in [1.165, 1.54) is 21.9 Å². The Morgan fingerprint density at radius 2 is 1.27 bits per heavy atom. The maximum Gasteiger partial charge on any atom is 0.143 e. The molecule has 1 heteroatoms. The van der Waals surface area contributed by atoms with E-state index in [4.69, 9.17) is 4.42 Å². The lowest BCUT2D eigenvalue weighted by atomic mass is 10.0. The minimum absolute atomic E-state index is 0.975. The summed E-state index contributed by atoms with van der Waals surface area (Å²) in [5.74, 6) is 0. The maximum atomic E-state index is 6.17. The largest absolute Gasteiger partial charge is 0.455 e. The van der Waals surface area contributed by atoms with Gasteiger partial charge in [-0.15, -0.1) is 0 Å². The van der Waals surface area contributed by atoms with Crippen molar-refractivity contribution in [2.75, 3.05) is 0 Å². The first kappa shape index (κ1) is 14.4. The fraction of sp³-hybridized carbons (Fsp3) is 0.143. The average Bonchev–Trinajstić information content (AvgIpc) is 2.98. The topological polar surface area (TPSA) is 13.1 Å². The van der Waals surface area contributed by atoms with Gasteiger partial charge in [0.25, 0.3) is 0 Å². The molecule has 0 saturated carbocycles. The van der Waals surface area contributed by atoms with Crippen LogP contribution in [0, 0.1) is 6.92 Å². The number of aryl methyl sites for hydroxylation is 1. The summed E-state index contributed by atoms with van der Waals surface area (Å²) in [6, 6.07) is 23.0. The summed E-state index contributed by atoms with van der Waals surface area (Å²) >= 11 is 0. The van der Waals surface area contributed by atoms with Crippen LogP contribution in [0.15, 0.2) is 71.1 Å². The van der Waals surface area contributed by atoms with E-state index >= 15 is 0 Å². The van der Waals surface area contributed by atoms with Gasteiger partial charge in [0.1, 0.15) is 11.2 Å². The van der Waals surface area contributed by atoms with Crippen molar-refractivity contribution in [3.8, 4) is 11.1 Å². The van der Waals surface area contributed by atoms with Gasteiger partial charge in [-0.1, -0.05) is 80.6 Å². The summed E-state index contributed by atoms with van der Waals surface area (Å²) in [6.45, 7) is 6.09. The van der Waals surface area contributed by atoms with Crippen molar-refractivity contribution in [1.29, 1.82) is 0 Å². The van der Waals surface area contributed by atoms with Gasteiger partial charge in [0, 0.05) is 16.3 Å². The molecule has 1 aromatic heterocycles. The smallest absolute Gasteiger partial charge is 0.143 e. The highest BCUT2D eigenvalue weighted by atomic mass is 16.3. The van der Waals surface area contributed by atoms with Gasteiger partial charge in [-0.2, -0.15) is 0 Å². The molecule has 0 radical (unpaired) electrons. The van der Waals surface area contributed by atoms with Gasteiger partial charge in [-0.05, 0) is 18.1 Å². The number of benzene rings is 3. The first-order valence-corrected chi connectivity index (χ1v) is 7.81. The van der Waals surface area contributed by atoms with Crippen LogP contribution in [0.25, 0.3) is 33.1 Å². The number of hydrogen-bond acceptors (Lipinski definition) is 1. The molecular formula is C21H20O. The first-order valence-electron chi connectivity index (χ1n) is 7.81. The van der Waals surface area contributed by atoms with E-state index < -0.39 is 0 Å². The minimum atomic E-state index is 0.975. The van der Waals surface area contributed by atoms with E-state index in [0.717, 1.165) is 16.7 Å². The Bertz CT molecular complexity index is 901. The Labute approximate surface area is 131 Å². The summed E-state index contributed by atoms with van der Waals surface area (Å²) in [6.07, 6.45) is 0.